The van der Waals surface area contributed by atoms with Crippen LogP contribution in [0.15, 0.2) is 0 Å². The molecule has 0 atom stereocenters. The Balaban J connectivity index is 1.82. The summed E-state index contributed by atoms with van der Waals surface area (Å²) < 4.78 is 4.34. The van der Waals surface area contributed by atoms with Crippen LogP contribution in [0.2, 0.25) is 0 Å². The molecule has 0 saturated heterocycles. The fourth-order valence-corrected chi connectivity index (χ4v) is 1.88. The molecular weight excluding hydrogens is 194 g/mol. The topological polar surface area (TPSA) is 37.8 Å². The lowest BCUT2D eigenvalue weighted by Gasteiger charge is -2.03. The van der Waals surface area contributed by atoms with E-state index in [-0.39, 0.29) is 0 Å². The minimum absolute atomic E-state index is 0.658. The van der Waals surface area contributed by atoms with E-state index in [9.17, 15) is 0 Å². The number of nitrogens with zero attached hydrogens (tertiary/aromatic N) is 2. The van der Waals surface area contributed by atoms with Crippen LogP contribution in [-0.4, -0.2) is 15.9 Å². The Hall–Kier alpha value is -0.640. The van der Waals surface area contributed by atoms with E-state index in [1.807, 2.05) is 0 Å². The van der Waals surface area contributed by atoms with Crippen molar-refractivity contribution in [1.82, 2.24) is 9.36 Å². The molecule has 1 aliphatic carbocycles. The van der Waals surface area contributed by atoms with Gasteiger partial charge >= 0.3 is 0 Å². The Kier molecular flexibility index (Phi) is 3.01. The van der Waals surface area contributed by atoms with E-state index < -0.39 is 0 Å². The van der Waals surface area contributed by atoms with E-state index in [0.29, 0.717) is 5.92 Å². The molecule has 78 valence electrons. The normalized spacial score (nSPS) is 16.2. The van der Waals surface area contributed by atoms with Crippen LogP contribution in [0.25, 0.3) is 0 Å². The molecular formula is C10H17N3S. The highest BCUT2D eigenvalue weighted by atomic mass is 32.1. The molecule has 2 rings (SSSR count). The van der Waals surface area contributed by atoms with Crippen molar-refractivity contribution in [2.45, 2.75) is 33.1 Å². The maximum Gasteiger partial charge on any atom is 0.202 e. The van der Waals surface area contributed by atoms with E-state index in [0.717, 1.165) is 29.8 Å². The first-order chi connectivity index (χ1) is 6.74. The Morgan fingerprint density at radius 2 is 2.29 bits per heavy atom. The number of hydrogen-bond acceptors (Lipinski definition) is 4. The summed E-state index contributed by atoms with van der Waals surface area (Å²) in [6.45, 7) is 5.37. The van der Waals surface area contributed by atoms with Gasteiger partial charge in [-0.15, -0.1) is 0 Å². The fourth-order valence-electron chi connectivity index (χ4n) is 1.28. The lowest BCUT2D eigenvalue weighted by Crippen LogP contribution is -2.07. The molecule has 14 heavy (non-hydrogen) atoms. The maximum atomic E-state index is 4.46. The summed E-state index contributed by atoms with van der Waals surface area (Å²) in [5, 5.41) is 4.28. The first-order valence-corrected chi connectivity index (χ1v) is 6.08. The molecule has 1 aliphatic rings. The number of rotatable bonds is 5. The van der Waals surface area contributed by atoms with Crippen LogP contribution in [0.4, 0.5) is 5.13 Å². The third kappa shape index (κ3) is 2.94. The zero-order chi connectivity index (χ0) is 9.97. The first kappa shape index (κ1) is 9.90. The quantitative estimate of drug-likeness (QED) is 0.813. The first-order valence-electron chi connectivity index (χ1n) is 5.30. The van der Waals surface area contributed by atoms with Crippen LogP contribution in [-0.2, 0) is 6.42 Å². The molecule has 0 aliphatic heterocycles. The molecule has 1 aromatic rings. The lowest BCUT2D eigenvalue weighted by atomic mass is 10.2. The van der Waals surface area contributed by atoms with Crippen molar-refractivity contribution in [3.63, 3.8) is 0 Å². The van der Waals surface area contributed by atoms with Gasteiger partial charge in [0.2, 0.25) is 5.13 Å². The SMILES string of the molecule is CC(C)CNc1nc(CC2CC2)ns1. The van der Waals surface area contributed by atoms with Gasteiger partial charge in [0.15, 0.2) is 0 Å². The smallest absolute Gasteiger partial charge is 0.202 e. The van der Waals surface area contributed by atoms with Gasteiger partial charge in [0.25, 0.3) is 0 Å². The molecule has 1 saturated carbocycles. The van der Waals surface area contributed by atoms with Crippen molar-refractivity contribution >= 4 is 16.7 Å². The van der Waals surface area contributed by atoms with Gasteiger partial charge in [-0.2, -0.15) is 4.37 Å². The van der Waals surface area contributed by atoms with Crippen molar-refractivity contribution in [1.29, 1.82) is 0 Å². The van der Waals surface area contributed by atoms with Crippen LogP contribution in [0.3, 0.4) is 0 Å². The summed E-state index contributed by atoms with van der Waals surface area (Å²) in [5.74, 6) is 2.57. The van der Waals surface area contributed by atoms with Gasteiger partial charge in [-0.25, -0.2) is 4.98 Å². The average Bonchev–Trinajstić information content (AvgIpc) is 2.81. The molecule has 0 amide bonds. The molecule has 1 N–H and O–H groups in total. The summed E-state index contributed by atoms with van der Waals surface area (Å²) in [6.07, 6.45) is 3.82. The van der Waals surface area contributed by atoms with Gasteiger partial charge in [0.1, 0.15) is 5.82 Å². The lowest BCUT2D eigenvalue weighted by molar-refractivity contribution is 0.687. The number of aromatic nitrogens is 2. The molecule has 0 unspecified atom stereocenters. The second-order valence-corrected chi connectivity index (χ2v) is 5.19. The van der Waals surface area contributed by atoms with E-state index in [1.54, 1.807) is 0 Å². The molecule has 4 heteroatoms. The summed E-state index contributed by atoms with van der Waals surface area (Å²) in [4.78, 5) is 4.46. The van der Waals surface area contributed by atoms with Crippen LogP contribution >= 0.6 is 11.5 Å². The second kappa shape index (κ2) is 4.26. The molecule has 0 bridgehead atoms. The predicted molar refractivity (Wildman–Crippen MR) is 59.7 cm³/mol. The van der Waals surface area contributed by atoms with Crippen LogP contribution in [0, 0.1) is 11.8 Å². The van der Waals surface area contributed by atoms with Gasteiger partial charge in [-0.3, -0.25) is 0 Å². The van der Waals surface area contributed by atoms with Crippen molar-refractivity contribution in [3.8, 4) is 0 Å². The zero-order valence-electron chi connectivity index (χ0n) is 8.79. The third-order valence-corrected chi connectivity index (χ3v) is 3.01. The van der Waals surface area contributed by atoms with Crippen LogP contribution < -0.4 is 5.32 Å². The number of anilines is 1. The average molecular weight is 211 g/mol. The van der Waals surface area contributed by atoms with E-state index in [2.05, 4.69) is 28.5 Å². The minimum Gasteiger partial charge on any atom is -0.360 e. The van der Waals surface area contributed by atoms with Crippen LogP contribution in [0.1, 0.15) is 32.5 Å². The van der Waals surface area contributed by atoms with Crippen molar-refractivity contribution in [3.05, 3.63) is 5.82 Å². The fraction of sp³-hybridized carbons (Fsp3) is 0.800. The summed E-state index contributed by atoms with van der Waals surface area (Å²) in [6, 6.07) is 0. The largest absolute Gasteiger partial charge is 0.360 e. The van der Waals surface area contributed by atoms with Gasteiger partial charge in [-0.1, -0.05) is 13.8 Å². The highest BCUT2D eigenvalue weighted by Gasteiger charge is 2.23. The minimum atomic E-state index is 0.658. The van der Waals surface area contributed by atoms with Gasteiger partial charge in [-0.05, 0) is 24.7 Å². The second-order valence-electron chi connectivity index (χ2n) is 4.44. The Morgan fingerprint density at radius 3 is 2.93 bits per heavy atom. The van der Waals surface area contributed by atoms with E-state index >= 15 is 0 Å². The Morgan fingerprint density at radius 1 is 1.50 bits per heavy atom. The molecule has 0 aromatic carbocycles. The van der Waals surface area contributed by atoms with Gasteiger partial charge < -0.3 is 5.32 Å². The van der Waals surface area contributed by atoms with E-state index in [1.165, 1.54) is 24.4 Å². The molecule has 0 spiro atoms. The highest BCUT2D eigenvalue weighted by Crippen LogP contribution is 2.32. The van der Waals surface area contributed by atoms with Crippen LogP contribution in [0.5, 0.6) is 0 Å². The Labute approximate surface area is 89.1 Å². The third-order valence-electron chi connectivity index (χ3n) is 2.30. The molecule has 0 radical (unpaired) electrons. The summed E-state index contributed by atoms with van der Waals surface area (Å²) >= 11 is 1.49. The Bertz CT molecular complexity index is 291. The van der Waals surface area contributed by atoms with E-state index in [4.69, 9.17) is 0 Å². The van der Waals surface area contributed by atoms with Gasteiger partial charge in [0.05, 0.1) is 0 Å². The molecule has 3 nitrogen and oxygen atoms in total. The van der Waals surface area contributed by atoms with Crippen molar-refractivity contribution in [2.75, 3.05) is 11.9 Å². The molecule has 1 aromatic heterocycles. The highest BCUT2D eigenvalue weighted by molar-refractivity contribution is 7.09. The maximum absolute atomic E-state index is 4.46. The molecule has 1 fully saturated rings. The van der Waals surface area contributed by atoms with Crippen molar-refractivity contribution in [2.24, 2.45) is 11.8 Å². The monoisotopic (exact) mass is 211 g/mol. The summed E-state index contributed by atoms with van der Waals surface area (Å²) in [5.41, 5.74) is 0. The molecule has 1 heterocycles. The van der Waals surface area contributed by atoms with Gasteiger partial charge in [0, 0.05) is 24.5 Å². The zero-order valence-corrected chi connectivity index (χ0v) is 9.60. The standard InChI is InChI=1S/C10H17N3S/c1-7(2)6-11-10-12-9(13-14-10)5-8-3-4-8/h7-8H,3-6H2,1-2H3,(H,11,12,13). The number of nitrogens with one attached hydrogen (secondary N) is 1. The van der Waals surface area contributed by atoms with Crippen molar-refractivity contribution < 1.29 is 0 Å². The predicted octanol–water partition coefficient (Wildman–Crippen LogP) is 2.56. The number of hydrogen-bond donors (Lipinski definition) is 1. The summed E-state index contributed by atoms with van der Waals surface area (Å²) in [7, 11) is 0.